The van der Waals surface area contributed by atoms with Gasteiger partial charge in [-0.05, 0) is 41.4 Å². The van der Waals surface area contributed by atoms with Crippen molar-refractivity contribution in [2.45, 2.75) is 6.61 Å². The minimum Gasteiger partial charge on any atom is -0.497 e. The van der Waals surface area contributed by atoms with E-state index in [9.17, 15) is 0 Å². The summed E-state index contributed by atoms with van der Waals surface area (Å²) in [6.45, 7) is 0.404. The zero-order chi connectivity index (χ0) is 14.7. The Morgan fingerprint density at radius 1 is 1.00 bits per heavy atom. The van der Waals surface area contributed by atoms with Crippen LogP contribution in [0.25, 0.3) is 10.9 Å². The molecule has 0 fully saturated rings. The molecule has 21 heavy (non-hydrogen) atoms. The van der Waals surface area contributed by atoms with E-state index in [2.05, 4.69) is 9.97 Å². The lowest BCUT2D eigenvalue weighted by molar-refractivity contribution is 0.297. The third kappa shape index (κ3) is 3.06. The Balaban J connectivity index is 1.84. The van der Waals surface area contributed by atoms with Crippen LogP contribution in [0.3, 0.4) is 0 Å². The van der Waals surface area contributed by atoms with Gasteiger partial charge in [0.15, 0.2) is 0 Å². The van der Waals surface area contributed by atoms with Crippen LogP contribution >= 0.6 is 11.6 Å². The van der Waals surface area contributed by atoms with Crippen molar-refractivity contribution in [2.75, 3.05) is 7.11 Å². The first-order valence-electron chi connectivity index (χ1n) is 6.44. The van der Waals surface area contributed by atoms with Gasteiger partial charge < -0.3 is 9.47 Å². The molecule has 0 N–H and O–H groups in total. The minimum atomic E-state index is 0.179. The summed E-state index contributed by atoms with van der Waals surface area (Å²) in [6, 6.07) is 15.3. The summed E-state index contributed by atoms with van der Waals surface area (Å²) in [5, 5.41) is 1.02. The second-order valence-corrected chi connectivity index (χ2v) is 4.79. The lowest BCUT2D eigenvalue weighted by atomic mass is 10.2. The Labute approximate surface area is 127 Å². The maximum Gasteiger partial charge on any atom is 0.226 e. The summed E-state index contributed by atoms with van der Waals surface area (Å²) in [6.07, 6.45) is 0. The number of aromatic nitrogens is 2. The average molecular weight is 301 g/mol. The Bertz CT molecular complexity index is 760. The Morgan fingerprint density at radius 2 is 1.76 bits per heavy atom. The molecule has 0 unspecified atom stereocenters. The van der Waals surface area contributed by atoms with Crippen molar-refractivity contribution in [1.29, 1.82) is 0 Å². The summed E-state index contributed by atoms with van der Waals surface area (Å²) in [7, 11) is 1.64. The first kappa shape index (κ1) is 13.6. The number of fused-ring (bicyclic) bond motifs is 1. The number of halogens is 1. The molecule has 2 aromatic carbocycles. The molecule has 0 aliphatic carbocycles. The maximum atomic E-state index is 5.93. The van der Waals surface area contributed by atoms with Crippen molar-refractivity contribution in [3.05, 3.63) is 59.4 Å². The van der Waals surface area contributed by atoms with Crippen LogP contribution in [0.1, 0.15) is 5.56 Å². The number of methoxy groups -OCH3 is 1. The molecule has 3 rings (SSSR count). The Morgan fingerprint density at radius 3 is 2.52 bits per heavy atom. The summed E-state index contributed by atoms with van der Waals surface area (Å²) in [5.74, 6) is 1.30. The van der Waals surface area contributed by atoms with Gasteiger partial charge in [-0.15, -0.1) is 0 Å². The van der Waals surface area contributed by atoms with Gasteiger partial charge in [-0.3, -0.25) is 0 Å². The topological polar surface area (TPSA) is 44.2 Å². The largest absolute Gasteiger partial charge is 0.497 e. The SMILES string of the molecule is COc1ccc(COc2nc(Cl)nc3ccccc23)cc1. The number of hydrogen-bond acceptors (Lipinski definition) is 4. The predicted octanol–water partition coefficient (Wildman–Crippen LogP) is 3.87. The molecular formula is C16H13ClN2O2. The van der Waals surface area contributed by atoms with Gasteiger partial charge in [0.05, 0.1) is 18.0 Å². The number of nitrogens with zero attached hydrogens (tertiary/aromatic N) is 2. The fourth-order valence-electron chi connectivity index (χ4n) is 2.00. The van der Waals surface area contributed by atoms with E-state index in [1.54, 1.807) is 7.11 Å². The fourth-order valence-corrected chi connectivity index (χ4v) is 2.17. The zero-order valence-electron chi connectivity index (χ0n) is 11.4. The molecule has 0 spiro atoms. The van der Waals surface area contributed by atoms with Crippen molar-refractivity contribution in [1.82, 2.24) is 9.97 Å². The molecule has 1 aromatic heterocycles. The van der Waals surface area contributed by atoms with Crippen LogP contribution in [0, 0.1) is 0 Å². The predicted molar refractivity (Wildman–Crippen MR) is 81.9 cm³/mol. The molecule has 3 aromatic rings. The van der Waals surface area contributed by atoms with Gasteiger partial charge in [-0.2, -0.15) is 4.98 Å². The quantitative estimate of drug-likeness (QED) is 0.686. The lowest BCUT2D eigenvalue weighted by Gasteiger charge is -2.09. The second-order valence-electron chi connectivity index (χ2n) is 4.45. The molecule has 0 saturated carbocycles. The van der Waals surface area contributed by atoms with E-state index in [-0.39, 0.29) is 5.28 Å². The highest BCUT2D eigenvalue weighted by atomic mass is 35.5. The maximum absolute atomic E-state index is 5.93. The number of benzene rings is 2. The summed E-state index contributed by atoms with van der Waals surface area (Å²) in [4.78, 5) is 8.33. The zero-order valence-corrected chi connectivity index (χ0v) is 12.2. The lowest BCUT2D eigenvalue weighted by Crippen LogP contribution is -1.99. The van der Waals surface area contributed by atoms with Crippen molar-refractivity contribution in [3.8, 4) is 11.6 Å². The van der Waals surface area contributed by atoms with Gasteiger partial charge in [0.25, 0.3) is 0 Å². The highest BCUT2D eigenvalue weighted by Gasteiger charge is 2.07. The van der Waals surface area contributed by atoms with Crippen molar-refractivity contribution < 1.29 is 9.47 Å². The molecular weight excluding hydrogens is 288 g/mol. The van der Waals surface area contributed by atoms with Crippen LogP contribution < -0.4 is 9.47 Å². The molecule has 106 valence electrons. The molecule has 1 heterocycles. The van der Waals surface area contributed by atoms with Crippen LogP contribution in [-0.4, -0.2) is 17.1 Å². The highest BCUT2D eigenvalue weighted by Crippen LogP contribution is 2.24. The fraction of sp³-hybridized carbons (Fsp3) is 0.125. The van der Waals surface area contributed by atoms with E-state index in [0.29, 0.717) is 12.5 Å². The normalized spacial score (nSPS) is 10.6. The van der Waals surface area contributed by atoms with E-state index in [1.165, 1.54) is 0 Å². The van der Waals surface area contributed by atoms with Crippen LogP contribution in [0.15, 0.2) is 48.5 Å². The average Bonchev–Trinajstić information content (AvgIpc) is 2.53. The third-order valence-corrected chi connectivity index (χ3v) is 3.24. The van der Waals surface area contributed by atoms with Crippen molar-refractivity contribution >= 4 is 22.5 Å². The van der Waals surface area contributed by atoms with Gasteiger partial charge in [-0.1, -0.05) is 24.3 Å². The van der Waals surface area contributed by atoms with Crippen LogP contribution in [0.5, 0.6) is 11.6 Å². The number of hydrogen-bond donors (Lipinski definition) is 0. The van der Waals surface area contributed by atoms with Gasteiger partial charge in [-0.25, -0.2) is 4.98 Å². The molecule has 0 radical (unpaired) electrons. The highest BCUT2D eigenvalue weighted by molar-refractivity contribution is 6.28. The first-order valence-corrected chi connectivity index (χ1v) is 6.82. The van der Waals surface area contributed by atoms with E-state index >= 15 is 0 Å². The molecule has 0 saturated heterocycles. The number of para-hydroxylation sites is 1. The standard InChI is InChI=1S/C16H13ClN2O2/c1-20-12-8-6-11(7-9-12)10-21-15-13-4-2-3-5-14(13)18-16(17)19-15/h2-9H,10H2,1H3. The molecule has 0 aliphatic rings. The molecule has 4 nitrogen and oxygen atoms in total. The third-order valence-electron chi connectivity index (χ3n) is 3.08. The van der Waals surface area contributed by atoms with Crippen LogP contribution in [-0.2, 0) is 6.61 Å². The van der Waals surface area contributed by atoms with E-state index in [1.807, 2.05) is 48.5 Å². The second kappa shape index (κ2) is 5.97. The first-order chi connectivity index (χ1) is 10.3. The van der Waals surface area contributed by atoms with Crippen LogP contribution in [0.2, 0.25) is 5.28 Å². The van der Waals surface area contributed by atoms with Gasteiger partial charge >= 0.3 is 0 Å². The van der Waals surface area contributed by atoms with E-state index in [0.717, 1.165) is 22.2 Å². The van der Waals surface area contributed by atoms with E-state index in [4.69, 9.17) is 21.1 Å². The van der Waals surface area contributed by atoms with Gasteiger partial charge in [0.2, 0.25) is 11.2 Å². The molecule has 0 atom stereocenters. The Kier molecular flexibility index (Phi) is 3.88. The van der Waals surface area contributed by atoms with Gasteiger partial charge in [0, 0.05) is 0 Å². The van der Waals surface area contributed by atoms with Crippen molar-refractivity contribution in [2.24, 2.45) is 0 Å². The summed E-state index contributed by atoms with van der Waals surface area (Å²) >= 11 is 5.93. The monoisotopic (exact) mass is 300 g/mol. The summed E-state index contributed by atoms with van der Waals surface area (Å²) in [5.41, 5.74) is 1.79. The van der Waals surface area contributed by atoms with Crippen LogP contribution in [0.4, 0.5) is 0 Å². The molecule has 0 amide bonds. The molecule has 5 heteroatoms. The summed E-state index contributed by atoms with van der Waals surface area (Å²) < 4.78 is 10.9. The smallest absolute Gasteiger partial charge is 0.226 e. The number of ether oxygens (including phenoxy) is 2. The minimum absolute atomic E-state index is 0.179. The van der Waals surface area contributed by atoms with E-state index < -0.39 is 0 Å². The van der Waals surface area contributed by atoms with Crippen molar-refractivity contribution in [3.63, 3.8) is 0 Å². The molecule has 0 bridgehead atoms. The van der Waals surface area contributed by atoms with Gasteiger partial charge in [0.1, 0.15) is 12.4 Å². The number of rotatable bonds is 4. The Hall–Kier alpha value is -2.33. The molecule has 0 aliphatic heterocycles.